The van der Waals surface area contributed by atoms with E-state index in [4.69, 9.17) is 5.11 Å². The molecule has 0 aliphatic heterocycles. The van der Waals surface area contributed by atoms with Crippen molar-refractivity contribution in [3.8, 4) is 11.1 Å². The van der Waals surface area contributed by atoms with Gasteiger partial charge in [-0.3, -0.25) is 14.3 Å². The monoisotopic (exact) mass is 403 g/mol. The highest BCUT2D eigenvalue weighted by atomic mass is 19.4. The van der Waals surface area contributed by atoms with Gasteiger partial charge in [-0.1, -0.05) is 6.07 Å². The highest BCUT2D eigenvalue weighted by molar-refractivity contribution is 6.06. The minimum absolute atomic E-state index is 0.0425. The van der Waals surface area contributed by atoms with Crippen molar-refractivity contribution in [3.63, 3.8) is 0 Å². The zero-order valence-corrected chi connectivity index (χ0v) is 14.8. The third-order valence-corrected chi connectivity index (χ3v) is 4.31. The van der Waals surface area contributed by atoms with Crippen molar-refractivity contribution in [3.05, 3.63) is 48.0 Å². The van der Waals surface area contributed by atoms with Crippen LogP contribution >= 0.6 is 0 Å². The van der Waals surface area contributed by atoms with Crippen molar-refractivity contribution in [2.75, 3.05) is 0 Å². The number of carbonyl (C=O) groups excluding carboxylic acids is 1. The van der Waals surface area contributed by atoms with Gasteiger partial charge in [0, 0.05) is 36.3 Å². The first kappa shape index (κ1) is 18.6. The number of benzene rings is 1. The number of fused-ring (bicyclic) bond motifs is 2. The number of Topliss-reactive ketones (excluding diaryl/α,β-unsaturated/α-hetero) is 1. The molecule has 4 aromatic rings. The van der Waals surface area contributed by atoms with Gasteiger partial charge in [-0.2, -0.15) is 23.4 Å². The Kier molecular flexibility index (Phi) is 4.10. The predicted molar refractivity (Wildman–Crippen MR) is 94.4 cm³/mol. The zero-order chi connectivity index (χ0) is 20.9. The Morgan fingerprint density at radius 1 is 1.14 bits per heavy atom. The Morgan fingerprint density at radius 2 is 1.90 bits per heavy atom. The summed E-state index contributed by atoms with van der Waals surface area (Å²) in [5, 5.41) is 17.0. The fraction of sp³-hybridized carbons (Fsp3) is 0.167. The molecule has 148 valence electrons. The number of aromatic nitrogens is 5. The van der Waals surface area contributed by atoms with Crippen LogP contribution in [0.5, 0.6) is 0 Å². The van der Waals surface area contributed by atoms with Crippen molar-refractivity contribution in [2.24, 2.45) is 0 Å². The predicted octanol–water partition coefficient (Wildman–Crippen LogP) is 3.05. The highest BCUT2D eigenvalue weighted by Gasteiger charge is 2.34. The number of halogens is 3. The van der Waals surface area contributed by atoms with Gasteiger partial charge in [0.25, 0.3) is 0 Å². The van der Waals surface area contributed by atoms with Crippen LogP contribution in [0.3, 0.4) is 0 Å². The lowest BCUT2D eigenvalue weighted by Gasteiger charge is -2.04. The number of ketones is 1. The summed E-state index contributed by atoms with van der Waals surface area (Å²) in [6.07, 6.45) is -1.79. The first-order valence-electron chi connectivity index (χ1n) is 8.30. The maximum atomic E-state index is 12.9. The summed E-state index contributed by atoms with van der Waals surface area (Å²) in [5.74, 6) is -1.45. The lowest BCUT2D eigenvalue weighted by atomic mass is 10.0. The first-order chi connectivity index (χ1) is 13.6. The number of rotatable bonds is 4. The second-order valence-electron chi connectivity index (χ2n) is 6.36. The molecule has 29 heavy (non-hydrogen) atoms. The van der Waals surface area contributed by atoms with Crippen molar-refractivity contribution < 1.29 is 27.9 Å². The summed E-state index contributed by atoms with van der Waals surface area (Å²) in [5.41, 5.74) is 0.585. The lowest BCUT2D eigenvalue weighted by Crippen LogP contribution is -2.10. The highest BCUT2D eigenvalue weighted by Crippen LogP contribution is 2.30. The quantitative estimate of drug-likeness (QED) is 0.526. The number of carboxylic acid groups (broad SMARTS) is 1. The molecule has 0 saturated carbocycles. The summed E-state index contributed by atoms with van der Waals surface area (Å²) in [6, 6.07) is 5.70. The van der Waals surface area contributed by atoms with Crippen LogP contribution in [0.1, 0.15) is 23.1 Å². The van der Waals surface area contributed by atoms with E-state index in [0.29, 0.717) is 22.0 Å². The van der Waals surface area contributed by atoms with Crippen LogP contribution in [0.2, 0.25) is 0 Å². The van der Waals surface area contributed by atoms with E-state index >= 15 is 0 Å². The molecule has 1 aromatic carbocycles. The maximum Gasteiger partial charge on any atom is 0.435 e. The Labute approximate surface area is 160 Å². The molecule has 0 aliphatic rings. The molecule has 0 aliphatic carbocycles. The van der Waals surface area contributed by atoms with Gasteiger partial charge in [-0.15, -0.1) is 0 Å². The molecule has 1 N–H and O–H groups in total. The van der Waals surface area contributed by atoms with Crippen LogP contribution in [0.4, 0.5) is 13.2 Å². The first-order valence-corrected chi connectivity index (χ1v) is 8.30. The average Bonchev–Trinajstić information content (AvgIpc) is 3.22. The van der Waals surface area contributed by atoms with E-state index in [1.54, 1.807) is 18.2 Å². The largest absolute Gasteiger partial charge is 0.480 e. The smallest absolute Gasteiger partial charge is 0.435 e. The molecule has 0 unspecified atom stereocenters. The third-order valence-electron chi connectivity index (χ3n) is 4.31. The molecule has 0 atom stereocenters. The van der Waals surface area contributed by atoms with E-state index in [-0.39, 0.29) is 17.1 Å². The van der Waals surface area contributed by atoms with Crippen LogP contribution in [0, 0.1) is 0 Å². The topological polar surface area (TPSA) is 102 Å². The van der Waals surface area contributed by atoms with E-state index in [1.807, 2.05) is 0 Å². The molecule has 0 saturated heterocycles. The number of carboxylic acids is 1. The maximum absolute atomic E-state index is 12.9. The zero-order valence-electron chi connectivity index (χ0n) is 14.8. The summed E-state index contributed by atoms with van der Waals surface area (Å²) in [6.45, 7) is 0.903. The summed E-state index contributed by atoms with van der Waals surface area (Å²) >= 11 is 0. The van der Waals surface area contributed by atoms with E-state index < -0.39 is 24.4 Å². The minimum Gasteiger partial charge on any atom is -0.480 e. The minimum atomic E-state index is -4.58. The van der Waals surface area contributed by atoms with Crippen molar-refractivity contribution >= 4 is 28.3 Å². The van der Waals surface area contributed by atoms with E-state index in [0.717, 1.165) is 10.6 Å². The van der Waals surface area contributed by atoms with Gasteiger partial charge in [-0.25, -0.2) is 9.50 Å². The molecule has 0 amide bonds. The number of hydrogen-bond donors (Lipinski definition) is 1. The Hall–Kier alpha value is -3.76. The molecule has 0 radical (unpaired) electrons. The van der Waals surface area contributed by atoms with Gasteiger partial charge in [-0.05, 0) is 17.7 Å². The van der Waals surface area contributed by atoms with Gasteiger partial charge in [0.05, 0.1) is 5.52 Å². The van der Waals surface area contributed by atoms with E-state index in [1.165, 1.54) is 24.0 Å². The molecule has 0 spiro atoms. The molecule has 8 nitrogen and oxygen atoms in total. The van der Waals surface area contributed by atoms with Crippen molar-refractivity contribution in [1.82, 2.24) is 24.4 Å². The van der Waals surface area contributed by atoms with Crippen LogP contribution in [0.15, 0.2) is 36.7 Å². The molecule has 0 bridgehead atoms. The van der Waals surface area contributed by atoms with Crippen molar-refractivity contribution in [2.45, 2.75) is 19.6 Å². The van der Waals surface area contributed by atoms with E-state index in [9.17, 15) is 22.8 Å². The Bertz CT molecular complexity index is 1290. The second-order valence-corrected chi connectivity index (χ2v) is 6.36. The van der Waals surface area contributed by atoms with Gasteiger partial charge in [0.15, 0.2) is 17.1 Å². The molecule has 4 rings (SSSR count). The fourth-order valence-electron chi connectivity index (χ4n) is 3.03. The number of alkyl halides is 3. The summed E-state index contributed by atoms with van der Waals surface area (Å²) in [4.78, 5) is 27.0. The molecular weight excluding hydrogens is 391 g/mol. The van der Waals surface area contributed by atoms with Crippen LogP contribution < -0.4 is 0 Å². The van der Waals surface area contributed by atoms with Crippen LogP contribution in [-0.2, 0) is 17.5 Å². The summed E-state index contributed by atoms with van der Waals surface area (Å²) < 4.78 is 40.8. The van der Waals surface area contributed by atoms with Crippen LogP contribution in [-0.4, -0.2) is 41.2 Å². The van der Waals surface area contributed by atoms with Crippen molar-refractivity contribution in [1.29, 1.82) is 0 Å². The molecule has 11 heteroatoms. The fourth-order valence-corrected chi connectivity index (χ4v) is 3.03. The molecule has 0 fully saturated rings. The van der Waals surface area contributed by atoms with Gasteiger partial charge < -0.3 is 5.11 Å². The van der Waals surface area contributed by atoms with Gasteiger partial charge >= 0.3 is 12.1 Å². The Balaban J connectivity index is 1.84. The number of carbonyl (C=O) groups is 2. The van der Waals surface area contributed by atoms with Gasteiger partial charge in [0.1, 0.15) is 12.2 Å². The molecule has 3 heterocycles. The van der Waals surface area contributed by atoms with Crippen LogP contribution in [0.25, 0.3) is 27.7 Å². The average molecular weight is 403 g/mol. The molecular formula is C18H12F3N5O3. The summed E-state index contributed by atoms with van der Waals surface area (Å²) in [7, 11) is 0. The third kappa shape index (κ3) is 3.30. The van der Waals surface area contributed by atoms with Gasteiger partial charge in [0.2, 0.25) is 0 Å². The second kappa shape index (κ2) is 6.40. The number of aliphatic carboxylic acids is 1. The number of hydrogen-bond acceptors (Lipinski definition) is 5. The standard InChI is InChI=1S/C18H12F3N5O3/c1-9(27)17-12-4-10(2-3-13(12)25(24-17)8-16(28)29)11-6-22-15-5-14(18(19,20)21)23-26(15)7-11/h2-7H,8H2,1H3,(H,28,29). The lowest BCUT2D eigenvalue weighted by molar-refractivity contribution is -0.141. The molecule has 3 aromatic heterocycles. The SMILES string of the molecule is CC(=O)c1nn(CC(=O)O)c2ccc(-c3cnc4cc(C(F)(F)F)nn4c3)cc12. The number of nitrogens with zero attached hydrogens (tertiary/aromatic N) is 5. The Morgan fingerprint density at radius 3 is 2.55 bits per heavy atom. The normalized spacial score (nSPS) is 12.0. The van der Waals surface area contributed by atoms with E-state index in [2.05, 4.69) is 15.2 Å².